The summed E-state index contributed by atoms with van der Waals surface area (Å²) < 4.78 is 0. The fourth-order valence-corrected chi connectivity index (χ4v) is 3.48. The molecule has 0 unspecified atom stereocenters. The molecule has 5 heteroatoms. The summed E-state index contributed by atoms with van der Waals surface area (Å²) in [7, 11) is 0. The number of benzene rings is 1. The van der Waals surface area contributed by atoms with Gasteiger partial charge in [0.25, 0.3) is 0 Å². The zero-order valence-electron chi connectivity index (χ0n) is 17.2. The lowest BCUT2D eigenvalue weighted by molar-refractivity contribution is 0.112. The van der Waals surface area contributed by atoms with Crippen LogP contribution in [0.5, 0.6) is 0 Å². The summed E-state index contributed by atoms with van der Waals surface area (Å²) in [6, 6.07) is 25.5. The largest absolute Gasteiger partial charge is 0.355 e. The standard InChI is InChI=1S/C20H14N4.C7H6O/c1-2-14-10-16-5-6-18(23-16)12-20-8-7-19(24-20)11-17-4-3-15(22-17)9-13(1)21-14;8-6-7-4-2-1-3-5-7/h1-12,21-22H;1-6H. The number of hydrogen-bond donors (Lipinski definition) is 2. The molecule has 0 amide bonds. The molecule has 32 heavy (non-hydrogen) atoms. The van der Waals surface area contributed by atoms with Gasteiger partial charge in [-0.25, -0.2) is 9.97 Å². The van der Waals surface area contributed by atoms with Crippen LogP contribution < -0.4 is 0 Å². The number of nitrogens with one attached hydrogen (secondary N) is 2. The van der Waals surface area contributed by atoms with Crippen molar-refractivity contribution in [1.29, 1.82) is 0 Å². The van der Waals surface area contributed by atoms with E-state index < -0.39 is 0 Å². The Morgan fingerprint density at radius 1 is 0.531 bits per heavy atom. The van der Waals surface area contributed by atoms with Crippen LogP contribution in [0.1, 0.15) is 33.1 Å². The Labute approximate surface area is 184 Å². The van der Waals surface area contributed by atoms with Gasteiger partial charge in [0.2, 0.25) is 0 Å². The second-order valence-electron chi connectivity index (χ2n) is 7.43. The summed E-state index contributed by atoms with van der Waals surface area (Å²) in [6.07, 6.45) is 8.88. The molecule has 0 atom stereocenters. The third-order valence-electron chi connectivity index (χ3n) is 4.98. The third-order valence-corrected chi connectivity index (χ3v) is 4.98. The van der Waals surface area contributed by atoms with Gasteiger partial charge in [-0.05, 0) is 72.8 Å². The minimum Gasteiger partial charge on any atom is -0.355 e. The second-order valence-corrected chi connectivity index (χ2v) is 7.43. The van der Waals surface area contributed by atoms with Crippen molar-refractivity contribution in [1.82, 2.24) is 19.9 Å². The highest BCUT2D eigenvalue weighted by molar-refractivity contribution is 5.77. The molecular weight excluding hydrogens is 396 g/mol. The first-order valence-electron chi connectivity index (χ1n) is 10.3. The maximum absolute atomic E-state index is 10.0. The summed E-state index contributed by atoms with van der Waals surface area (Å²) >= 11 is 0. The monoisotopic (exact) mass is 416 g/mol. The van der Waals surface area contributed by atoms with Crippen LogP contribution in [0.25, 0.3) is 46.4 Å². The number of carbonyl (C=O) groups is 1. The number of rotatable bonds is 1. The number of aromatic nitrogens is 4. The number of hydrogen-bond acceptors (Lipinski definition) is 3. The minimum absolute atomic E-state index is 0.729. The van der Waals surface area contributed by atoms with Crippen LogP contribution >= 0.6 is 0 Å². The Bertz CT molecular complexity index is 1400. The molecule has 1 aromatic carbocycles. The molecule has 0 saturated carbocycles. The van der Waals surface area contributed by atoms with Crippen molar-refractivity contribution in [3.8, 4) is 0 Å². The van der Waals surface area contributed by atoms with Crippen LogP contribution in [0, 0.1) is 0 Å². The Hall–Kier alpha value is -4.51. The zero-order valence-corrected chi connectivity index (χ0v) is 17.2. The van der Waals surface area contributed by atoms with E-state index in [2.05, 4.69) is 50.3 Å². The third kappa shape index (κ3) is 4.63. The van der Waals surface area contributed by atoms with Gasteiger partial charge in [-0.2, -0.15) is 0 Å². The topological polar surface area (TPSA) is 74.4 Å². The SMILES string of the molecule is C1=Cc2cc3ccc(cc4ccc(cc5nc(cc1n2)C=C5)[nH]4)[nH]3.O=Cc1ccccc1. The molecular formula is C27H20N4O. The van der Waals surface area contributed by atoms with E-state index in [0.29, 0.717) is 0 Å². The molecule has 5 nitrogen and oxygen atoms in total. The van der Waals surface area contributed by atoms with Crippen molar-refractivity contribution >= 4 is 52.7 Å². The maximum Gasteiger partial charge on any atom is 0.150 e. The normalized spacial score (nSPS) is 11.6. The van der Waals surface area contributed by atoms with Gasteiger partial charge in [-0.1, -0.05) is 30.3 Å². The van der Waals surface area contributed by atoms with E-state index in [1.165, 1.54) is 0 Å². The van der Waals surface area contributed by atoms with E-state index in [-0.39, 0.29) is 0 Å². The van der Waals surface area contributed by atoms with E-state index in [0.717, 1.165) is 56.7 Å². The highest BCUT2D eigenvalue weighted by Gasteiger charge is 2.02. The van der Waals surface area contributed by atoms with Crippen molar-refractivity contribution in [2.75, 3.05) is 0 Å². The Balaban J connectivity index is 0.000000230. The highest BCUT2D eigenvalue weighted by Crippen LogP contribution is 2.17. The highest BCUT2D eigenvalue weighted by atomic mass is 16.1. The predicted molar refractivity (Wildman–Crippen MR) is 131 cm³/mol. The van der Waals surface area contributed by atoms with E-state index >= 15 is 0 Å². The average molecular weight is 416 g/mol. The van der Waals surface area contributed by atoms with Crippen LogP contribution in [0.2, 0.25) is 0 Å². The molecule has 0 saturated heterocycles. The van der Waals surface area contributed by atoms with E-state index in [1.807, 2.05) is 60.7 Å². The molecule has 2 aliphatic rings. The first-order chi connectivity index (χ1) is 15.7. The number of carbonyl (C=O) groups excluding carboxylic acids is 1. The number of fused-ring (bicyclic) bond motifs is 8. The van der Waals surface area contributed by atoms with Crippen molar-refractivity contribution in [3.05, 3.63) is 107 Å². The Morgan fingerprint density at radius 3 is 1.41 bits per heavy atom. The molecule has 5 heterocycles. The van der Waals surface area contributed by atoms with Gasteiger partial charge < -0.3 is 9.97 Å². The lowest BCUT2D eigenvalue weighted by atomic mass is 10.2. The first kappa shape index (κ1) is 19.5. The van der Waals surface area contributed by atoms with E-state index in [9.17, 15) is 4.79 Å². The van der Waals surface area contributed by atoms with Crippen LogP contribution in [0.4, 0.5) is 0 Å². The fraction of sp³-hybridized carbons (Fsp3) is 0. The quantitative estimate of drug-likeness (QED) is 0.316. The van der Waals surface area contributed by atoms with Crippen molar-refractivity contribution < 1.29 is 4.79 Å². The molecule has 8 bridgehead atoms. The zero-order chi connectivity index (χ0) is 21.8. The van der Waals surface area contributed by atoms with E-state index in [4.69, 9.17) is 0 Å². The molecule has 154 valence electrons. The molecule has 2 aliphatic heterocycles. The minimum atomic E-state index is 0.729. The molecule has 6 rings (SSSR count). The van der Waals surface area contributed by atoms with Crippen LogP contribution in [-0.2, 0) is 0 Å². The molecule has 0 fully saturated rings. The lowest BCUT2D eigenvalue weighted by Gasteiger charge is -1.86. The van der Waals surface area contributed by atoms with Crippen LogP contribution in [0.3, 0.4) is 0 Å². The molecule has 2 N–H and O–H groups in total. The molecule has 3 aromatic heterocycles. The van der Waals surface area contributed by atoms with Crippen molar-refractivity contribution in [3.63, 3.8) is 0 Å². The lowest BCUT2D eigenvalue weighted by Crippen LogP contribution is -1.77. The number of nitrogens with zero attached hydrogens (tertiary/aromatic N) is 2. The van der Waals surface area contributed by atoms with Crippen molar-refractivity contribution in [2.24, 2.45) is 0 Å². The Morgan fingerprint density at radius 2 is 0.969 bits per heavy atom. The van der Waals surface area contributed by atoms with Gasteiger partial charge in [-0.3, -0.25) is 4.79 Å². The predicted octanol–water partition coefficient (Wildman–Crippen LogP) is 6.15. The van der Waals surface area contributed by atoms with E-state index in [1.54, 1.807) is 12.1 Å². The summed E-state index contributed by atoms with van der Waals surface area (Å²) in [6.45, 7) is 0. The molecule has 0 spiro atoms. The summed E-state index contributed by atoms with van der Waals surface area (Å²) in [5.41, 5.74) is 8.59. The van der Waals surface area contributed by atoms with Gasteiger partial charge in [0.1, 0.15) is 6.29 Å². The van der Waals surface area contributed by atoms with Crippen molar-refractivity contribution in [2.45, 2.75) is 0 Å². The van der Waals surface area contributed by atoms with Gasteiger partial charge >= 0.3 is 0 Å². The van der Waals surface area contributed by atoms with Gasteiger partial charge in [0.05, 0.1) is 22.8 Å². The number of aldehydes is 1. The maximum atomic E-state index is 10.0. The summed E-state index contributed by atoms with van der Waals surface area (Å²) in [5, 5.41) is 0. The molecule has 0 radical (unpaired) electrons. The fourth-order valence-electron chi connectivity index (χ4n) is 3.48. The van der Waals surface area contributed by atoms with Gasteiger partial charge in [-0.15, -0.1) is 0 Å². The van der Waals surface area contributed by atoms with Gasteiger partial charge in [0, 0.05) is 27.6 Å². The second kappa shape index (κ2) is 8.70. The number of H-pyrrole nitrogens is 2. The van der Waals surface area contributed by atoms with Crippen LogP contribution in [-0.4, -0.2) is 26.2 Å². The molecule has 4 aromatic rings. The summed E-state index contributed by atoms with van der Waals surface area (Å²) in [4.78, 5) is 26.0. The first-order valence-corrected chi connectivity index (χ1v) is 10.3. The molecule has 0 aliphatic carbocycles. The number of aromatic amines is 2. The van der Waals surface area contributed by atoms with Crippen LogP contribution in [0.15, 0.2) is 78.9 Å². The Kier molecular flexibility index (Phi) is 5.29. The summed E-state index contributed by atoms with van der Waals surface area (Å²) in [5.74, 6) is 0. The average Bonchev–Trinajstić information content (AvgIpc) is 3.61. The van der Waals surface area contributed by atoms with Gasteiger partial charge in [0.15, 0.2) is 0 Å². The smallest absolute Gasteiger partial charge is 0.150 e.